The fourth-order valence-corrected chi connectivity index (χ4v) is 5.54. The van der Waals surface area contributed by atoms with E-state index in [0.717, 1.165) is 31.2 Å². The van der Waals surface area contributed by atoms with Crippen molar-refractivity contribution in [3.8, 4) is 0 Å². The number of benzene rings is 1. The van der Waals surface area contributed by atoms with Gasteiger partial charge in [-0.3, -0.25) is 0 Å². The maximum atomic E-state index is 13.0. The molecule has 0 bridgehead atoms. The lowest BCUT2D eigenvalue weighted by Crippen LogP contribution is -2.47. The predicted octanol–water partition coefficient (Wildman–Crippen LogP) is 2.80. The predicted molar refractivity (Wildman–Crippen MR) is 84.0 cm³/mol. The third-order valence-electron chi connectivity index (χ3n) is 4.63. The average Bonchev–Trinajstić information content (AvgIpc) is 2.98. The Morgan fingerprint density at radius 2 is 1.76 bits per heavy atom. The molecule has 0 amide bonds. The number of rotatable bonds is 3. The summed E-state index contributed by atoms with van der Waals surface area (Å²) in [7, 11) is -3.33. The zero-order chi connectivity index (χ0) is 14.9. The van der Waals surface area contributed by atoms with Crippen LogP contribution in [-0.4, -0.2) is 36.7 Å². The molecule has 0 aliphatic carbocycles. The van der Waals surface area contributed by atoms with E-state index in [-0.39, 0.29) is 6.04 Å². The van der Waals surface area contributed by atoms with Gasteiger partial charge in [0.05, 0.1) is 6.04 Å². The first-order chi connectivity index (χ1) is 10.1. The molecule has 2 heterocycles. The Balaban J connectivity index is 1.84. The Bertz CT molecular complexity index is 573. The van der Waals surface area contributed by atoms with E-state index >= 15 is 0 Å². The van der Waals surface area contributed by atoms with Gasteiger partial charge in [0.25, 0.3) is 10.2 Å². The van der Waals surface area contributed by atoms with Crippen molar-refractivity contribution < 1.29 is 8.42 Å². The van der Waals surface area contributed by atoms with Crippen LogP contribution in [0.15, 0.2) is 30.3 Å². The standard InChI is InChI=1S/C16H24N2O2S/c1-14-7-5-11-17(13-14)21(19,20)18-12-6-10-16(18)15-8-3-2-4-9-15/h2-4,8-9,14,16H,5-7,10-13H2,1H3. The smallest absolute Gasteiger partial charge is 0.195 e. The molecule has 1 aromatic carbocycles. The molecule has 2 unspecified atom stereocenters. The average molecular weight is 308 g/mol. The van der Waals surface area contributed by atoms with E-state index < -0.39 is 10.2 Å². The number of hydrogen-bond donors (Lipinski definition) is 0. The molecular weight excluding hydrogens is 284 g/mol. The summed E-state index contributed by atoms with van der Waals surface area (Å²) in [6.45, 7) is 4.12. The molecule has 2 atom stereocenters. The van der Waals surface area contributed by atoms with Gasteiger partial charge in [0.2, 0.25) is 0 Å². The molecule has 0 aromatic heterocycles. The van der Waals surface area contributed by atoms with Crippen LogP contribution in [0.4, 0.5) is 0 Å². The molecule has 1 aromatic rings. The second-order valence-corrected chi connectivity index (χ2v) is 8.17. The topological polar surface area (TPSA) is 40.6 Å². The molecule has 3 rings (SSSR count). The van der Waals surface area contributed by atoms with Crippen molar-refractivity contribution in [3.63, 3.8) is 0 Å². The summed E-state index contributed by atoms with van der Waals surface area (Å²) in [6, 6.07) is 10.0. The summed E-state index contributed by atoms with van der Waals surface area (Å²) in [6.07, 6.45) is 3.98. The molecule has 5 heteroatoms. The molecule has 2 saturated heterocycles. The van der Waals surface area contributed by atoms with Gasteiger partial charge in [-0.15, -0.1) is 0 Å². The fourth-order valence-electron chi connectivity index (χ4n) is 3.53. The molecule has 2 aliphatic rings. The molecule has 0 saturated carbocycles. The van der Waals surface area contributed by atoms with Gasteiger partial charge in [0.15, 0.2) is 0 Å². The van der Waals surface area contributed by atoms with Crippen LogP contribution in [-0.2, 0) is 10.2 Å². The highest BCUT2D eigenvalue weighted by Gasteiger charge is 2.39. The van der Waals surface area contributed by atoms with Gasteiger partial charge in [-0.25, -0.2) is 0 Å². The molecule has 0 N–H and O–H groups in total. The highest BCUT2D eigenvalue weighted by Crippen LogP contribution is 2.36. The summed E-state index contributed by atoms with van der Waals surface area (Å²) in [5.74, 6) is 0.464. The number of nitrogens with zero attached hydrogens (tertiary/aromatic N) is 2. The Morgan fingerprint density at radius 3 is 2.48 bits per heavy atom. The van der Waals surface area contributed by atoms with E-state index in [1.54, 1.807) is 8.61 Å². The highest BCUT2D eigenvalue weighted by molar-refractivity contribution is 7.86. The van der Waals surface area contributed by atoms with Crippen LogP contribution in [0, 0.1) is 5.92 Å². The monoisotopic (exact) mass is 308 g/mol. The molecule has 116 valence electrons. The molecular formula is C16H24N2O2S. The van der Waals surface area contributed by atoms with E-state index in [4.69, 9.17) is 0 Å². The second kappa shape index (κ2) is 6.07. The largest absolute Gasteiger partial charge is 0.282 e. The van der Waals surface area contributed by atoms with Crippen LogP contribution in [0.3, 0.4) is 0 Å². The molecule has 2 fully saturated rings. The zero-order valence-electron chi connectivity index (χ0n) is 12.6. The molecule has 4 nitrogen and oxygen atoms in total. The van der Waals surface area contributed by atoms with Crippen molar-refractivity contribution in [2.45, 2.75) is 38.6 Å². The summed E-state index contributed by atoms with van der Waals surface area (Å²) >= 11 is 0. The van der Waals surface area contributed by atoms with Crippen molar-refractivity contribution in [1.29, 1.82) is 0 Å². The van der Waals surface area contributed by atoms with Gasteiger partial charge in [-0.1, -0.05) is 37.3 Å². The molecule has 21 heavy (non-hydrogen) atoms. The molecule has 0 radical (unpaired) electrons. The number of piperidine rings is 1. The van der Waals surface area contributed by atoms with Gasteiger partial charge in [0, 0.05) is 19.6 Å². The van der Waals surface area contributed by atoms with Crippen LogP contribution in [0.5, 0.6) is 0 Å². The maximum Gasteiger partial charge on any atom is 0.282 e. The number of hydrogen-bond acceptors (Lipinski definition) is 2. The van der Waals surface area contributed by atoms with Crippen LogP contribution in [0.2, 0.25) is 0 Å². The molecule has 2 aliphatic heterocycles. The summed E-state index contributed by atoms with van der Waals surface area (Å²) in [5, 5.41) is 0. The summed E-state index contributed by atoms with van der Waals surface area (Å²) in [4.78, 5) is 0. The van der Waals surface area contributed by atoms with Gasteiger partial charge in [0.1, 0.15) is 0 Å². The van der Waals surface area contributed by atoms with Crippen molar-refractivity contribution in [2.24, 2.45) is 5.92 Å². The summed E-state index contributed by atoms with van der Waals surface area (Å²) in [5.41, 5.74) is 1.11. The van der Waals surface area contributed by atoms with Gasteiger partial charge in [-0.05, 0) is 37.2 Å². The van der Waals surface area contributed by atoms with Crippen molar-refractivity contribution in [3.05, 3.63) is 35.9 Å². The lowest BCUT2D eigenvalue weighted by Gasteiger charge is -2.35. The summed E-state index contributed by atoms with van der Waals surface area (Å²) < 4.78 is 29.4. The minimum atomic E-state index is -3.33. The quantitative estimate of drug-likeness (QED) is 0.861. The van der Waals surface area contributed by atoms with E-state index in [9.17, 15) is 8.42 Å². The Morgan fingerprint density at radius 1 is 1.05 bits per heavy atom. The first kappa shape index (κ1) is 15.0. The maximum absolute atomic E-state index is 13.0. The molecule has 0 spiro atoms. The van der Waals surface area contributed by atoms with Gasteiger partial charge < -0.3 is 0 Å². The van der Waals surface area contributed by atoms with Crippen molar-refractivity contribution in [2.75, 3.05) is 19.6 Å². The fraction of sp³-hybridized carbons (Fsp3) is 0.625. The first-order valence-electron chi connectivity index (χ1n) is 7.91. The van der Waals surface area contributed by atoms with Crippen LogP contribution in [0.1, 0.15) is 44.2 Å². The van der Waals surface area contributed by atoms with Crippen LogP contribution in [0.25, 0.3) is 0 Å². The third kappa shape index (κ3) is 3.00. The first-order valence-corrected chi connectivity index (χ1v) is 9.30. The third-order valence-corrected chi connectivity index (χ3v) is 6.64. The van der Waals surface area contributed by atoms with E-state index in [1.165, 1.54) is 0 Å². The van der Waals surface area contributed by atoms with Gasteiger partial charge >= 0.3 is 0 Å². The highest BCUT2D eigenvalue weighted by atomic mass is 32.2. The van der Waals surface area contributed by atoms with E-state index in [1.807, 2.05) is 30.3 Å². The van der Waals surface area contributed by atoms with Crippen molar-refractivity contribution >= 4 is 10.2 Å². The minimum Gasteiger partial charge on any atom is -0.195 e. The SMILES string of the molecule is CC1CCCN(S(=O)(=O)N2CCCC2c2ccccc2)C1. The van der Waals surface area contributed by atoms with E-state index in [0.29, 0.717) is 25.6 Å². The Hall–Kier alpha value is -0.910. The Kier molecular flexibility index (Phi) is 4.33. The van der Waals surface area contributed by atoms with Crippen molar-refractivity contribution in [1.82, 2.24) is 8.61 Å². The second-order valence-electron chi connectivity index (χ2n) is 6.29. The zero-order valence-corrected chi connectivity index (χ0v) is 13.4. The lowest BCUT2D eigenvalue weighted by molar-refractivity contribution is 0.254. The van der Waals surface area contributed by atoms with E-state index in [2.05, 4.69) is 6.92 Å². The lowest BCUT2D eigenvalue weighted by atomic mass is 10.0. The Labute approximate surface area is 127 Å². The normalized spacial score (nSPS) is 28.8. The van der Waals surface area contributed by atoms with Crippen LogP contribution >= 0.6 is 0 Å². The van der Waals surface area contributed by atoms with Gasteiger partial charge in [-0.2, -0.15) is 17.0 Å². The minimum absolute atomic E-state index is 0.00781. The van der Waals surface area contributed by atoms with Crippen LogP contribution < -0.4 is 0 Å².